The molecule has 4 nitrogen and oxygen atoms in total. The van der Waals surface area contributed by atoms with Gasteiger partial charge in [-0.25, -0.2) is 4.79 Å². The van der Waals surface area contributed by atoms with Crippen molar-refractivity contribution in [2.75, 3.05) is 19.7 Å². The standard InChI is InChI=1S/C14H22N2O2/c1-3-9-15-14(17)16-10-6-11-18-13-8-5-4-7-12(13)2/h4-5,7-8H,3,6,9-11H2,1-2H3,(H2,15,16,17). The predicted octanol–water partition coefficient (Wildman–Crippen LogP) is 2.47. The molecule has 0 atom stereocenters. The molecule has 0 aromatic heterocycles. The van der Waals surface area contributed by atoms with Crippen LogP contribution in [0, 0.1) is 6.92 Å². The first-order chi connectivity index (χ1) is 8.74. The van der Waals surface area contributed by atoms with E-state index in [-0.39, 0.29) is 6.03 Å². The second kappa shape index (κ2) is 8.39. The molecule has 0 aliphatic rings. The van der Waals surface area contributed by atoms with E-state index in [0.717, 1.165) is 24.2 Å². The highest BCUT2D eigenvalue weighted by atomic mass is 16.5. The molecular weight excluding hydrogens is 228 g/mol. The molecular formula is C14H22N2O2. The lowest BCUT2D eigenvalue weighted by molar-refractivity contribution is 0.239. The number of ether oxygens (including phenoxy) is 1. The largest absolute Gasteiger partial charge is 0.493 e. The second-order valence-electron chi connectivity index (χ2n) is 4.15. The van der Waals surface area contributed by atoms with Crippen LogP contribution >= 0.6 is 0 Å². The number of amides is 2. The summed E-state index contributed by atoms with van der Waals surface area (Å²) in [6, 6.07) is 7.82. The molecule has 2 amide bonds. The predicted molar refractivity (Wildman–Crippen MR) is 73.0 cm³/mol. The summed E-state index contributed by atoms with van der Waals surface area (Å²) in [6.07, 6.45) is 1.75. The highest BCUT2D eigenvalue weighted by Gasteiger charge is 1.99. The van der Waals surface area contributed by atoms with Gasteiger partial charge in [0.25, 0.3) is 0 Å². The Morgan fingerprint density at radius 1 is 1.22 bits per heavy atom. The lowest BCUT2D eigenvalue weighted by atomic mass is 10.2. The average Bonchev–Trinajstić information content (AvgIpc) is 2.38. The van der Waals surface area contributed by atoms with Gasteiger partial charge in [0.1, 0.15) is 5.75 Å². The molecule has 0 aliphatic heterocycles. The molecule has 0 saturated carbocycles. The molecule has 2 N–H and O–H groups in total. The zero-order valence-corrected chi connectivity index (χ0v) is 11.2. The lowest BCUT2D eigenvalue weighted by Gasteiger charge is -2.09. The van der Waals surface area contributed by atoms with Gasteiger partial charge in [-0.3, -0.25) is 0 Å². The molecule has 100 valence electrons. The second-order valence-corrected chi connectivity index (χ2v) is 4.15. The fourth-order valence-electron chi connectivity index (χ4n) is 1.48. The van der Waals surface area contributed by atoms with Crippen molar-refractivity contribution in [1.29, 1.82) is 0 Å². The van der Waals surface area contributed by atoms with Gasteiger partial charge in [-0.15, -0.1) is 0 Å². The summed E-state index contributed by atoms with van der Waals surface area (Å²) in [6.45, 7) is 5.99. The van der Waals surface area contributed by atoms with Crippen molar-refractivity contribution in [3.05, 3.63) is 29.8 Å². The minimum Gasteiger partial charge on any atom is -0.493 e. The third-order valence-electron chi connectivity index (χ3n) is 2.49. The highest BCUT2D eigenvalue weighted by molar-refractivity contribution is 5.73. The van der Waals surface area contributed by atoms with Crippen LogP contribution in [0.4, 0.5) is 4.79 Å². The summed E-state index contributed by atoms with van der Waals surface area (Å²) in [7, 11) is 0. The van der Waals surface area contributed by atoms with Crippen molar-refractivity contribution >= 4 is 6.03 Å². The fraction of sp³-hybridized carbons (Fsp3) is 0.500. The summed E-state index contributed by atoms with van der Waals surface area (Å²) >= 11 is 0. The number of benzene rings is 1. The smallest absolute Gasteiger partial charge is 0.314 e. The van der Waals surface area contributed by atoms with Crippen LogP contribution in [0.1, 0.15) is 25.3 Å². The van der Waals surface area contributed by atoms with Crippen molar-refractivity contribution in [3.8, 4) is 5.75 Å². The SMILES string of the molecule is CCCNC(=O)NCCCOc1ccccc1C. The number of carbonyl (C=O) groups excluding carboxylic acids is 1. The first kappa shape index (κ1) is 14.4. The fourth-order valence-corrected chi connectivity index (χ4v) is 1.48. The maximum absolute atomic E-state index is 11.2. The quantitative estimate of drug-likeness (QED) is 0.730. The molecule has 0 heterocycles. The Bertz CT molecular complexity index is 367. The highest BCUT2D eigenvalue weighted by Crippen LogP contribution is 2.15. The van der Waals surface area contributed by atoms with E-state index in [1.54, 1.807) is 0 Å². The number of carbonyl (C=O) groups is 1. The van der Waals surface area contributed by atoms with Crippen LogP contribution < -0.4 is 15.4 Å². The molecule has 0 spiro atoms. The normalized spacial score (nSPS) is 9.89. The third-order valence-corrected chi connectivity index (χ3v) is 2.49. The Morgan fingerprint density at radius 2 is 1.94 bits per heavy atom. The van der Waals surface area contributed by atoms with Gasteiger partial charge in [-0.05, 0) is 31.4 Å². The van der Waals surface area contributed by atoms with Gasteiger partial charge in [0.2, 0.25) is 0 Å². The third kappa shape index (κ3) is 5.57. The minimum absolute atomic E-state index is 0.104. The van der Waals surface area contributed by atoms with Gasteiger partial charge in [-0.2, -0.15) is 0 Å². The van der Waals surface area contributed by atoms with E-state index >= 15 is 0 Å². The van der Waals surface area contributed by atoms with Crippen molar-refractivity contribution in [1.82, 2.24) is 10.6 Å². The summed E-state index contributed by atoms with van der Waals surface area (Å²) in [4.78, 5) is 11.2. The van der Waals surface area contributed by atoms with Gasteiger partial charge in [0, 0.05) is 13.1 Å². The maximum atomic E-state index is 11.2. The van der Waals surface area contributed by atoms with Crippen LogP contribution in [-0.4, -0.2) is 25.7 Å². The van der Waals surface area contributed by atoms with E-state index in [9.17, 15) is 4.79 Å². The van der Waals surface area contributed by atoms with Gasteiger partial charge < -0.3 is 15.4 Å². The summed E-state index contributed by atoms with van der Waals surface area (Å²) < 4.78 is 5.63. The average molecular weight is 250 g/mol. The number of hydrogen-bond donors (Lipinski definition) is 2. The van der Waals surface area contributed by atoms with E-state index in [1.165, 1.54) is 0 Å². The van der Waals surface area contributed by atoms with Crippen LogP contribution in [0.3, 0.4) is 0 Å². The van der Waals surface area contributed by atoms with Gasteiger partial charge >= 0.3 is 6.03 Å². The number of para-hydroxylation sites is 1. The Kier molecular flexibility index (Phi) is 6.69. The number of aryl methyl sites for hydroxylation is 1. The Hall–Kier alpha value is -1.71. The molecule has 4 heteroatoms. The van der Waals surface area contributed by atoms with Gasteiger partial charge in [-0.1, -0.05) is 25.1 Å². The molecule has 0 fully saturated rings. The van der Waals surface area contributed by atoms with Crippen LogP contribution in [0.15, 0.2) is 24.3 Å². The van der Waals surface area contributed by atoms with Crippen molar-refractivity contribution in [2.45, 2.75) is 26.7 Å². The summed E-state index contributed by atoms with van der Waals surface area (Å²) in [5.41, 5.74) is 1.13. The summed E-state index contributed by atoms with van der Waals surface area (Å²) in [5, 5.41) is 5.55. The molecule has 0 radical (unpaired) electrons. The van der Waals surface area contributed by atoms with Crippen molar-refractivity contribution in [3.63, 3.8) is 0 Å². The molecule has 0 bridgehead atoms. The van der Waals surface area contributed by atoms with Crippen LogP contribution in [0.5, 0.6) is 5.75 Å². The summed E-state index contributed by atoms with van der Waals surface area (Å²) in [5.74, 6) is 0.910. The van der Waals surface area contributed by atoms with E-state index in [0.29, 0.717) is 19.7 Å². The van der Waals surface area contributed by atoms with Crippen molar-refractivity contribution < 1.29 is 9.53 Å². The van der Waals surface area contributed by atoms with E-state index in [1.807, 2.05) is 38.1 Å². The Balaban J connectivity index is 2.09. The topological polar surface area (TPSA) is 50.4 Å². The Morgan fingerprint density at radius 3 is 2.67 bits per heavy atom. The number of rotatable bonds is 7. The van der Waals surface area contributed by atoms with Crippen LogP contribution in [-0.2, 0) is 0 Å². The molecule has 0 aliphatic carbocycles. The molecule has 1 aromatic carbocycles. The molecule has 0 saturated heterocycles. The number of hydrogen-bond acceptors (Lipinski definition) is 2. The number of urea groups is 1. The lowest BCUT2D eigenvalue weighted by Crippen LogP contribution is -2.36. The zero-order valence-electron chi connectivity index (χ0n) is 11.2. The molecule has 18 heavy (non-hydrogen) atoms. The minimum atomic E-state index is -0.104. The zero-order chi connectivity index (χ0) is 13.2. The molecule has 1 rings (SSSR count). The van der Waals surface area contributed by atoms with E-state index in [4.69, 9.17) is 4.74 Å². The van der Waals surface area contributed by atoms with Crippen LogP contribution in [0.2, 0.25) is 0 Å². The van der Waals surface area contributed by atoms with E-state index < -0.39 is 0 Å². The Labute approximate surface area is 109 Å². The molecule has 0 unspecified atom stereocenters. The maximum Gasteiger partial charge on any atom is 0.314 e. The molecule has 1 aromatic rings. The van der Waals surface area contributed by atoms with E-state index in [2.05, 4.69) is 10.6 Å². The monoisotopic (exact) mass is 250 g/mol. The first-order valence-electron chi connectivity index (χ1n) is 6.44. The van der Waals surface area contributed by atoms with Crippen LogP contribution in [0.25, 0.3) is 0 Å². The number of nitrogens with one attached hydrogen (secondary N) is 2. The van der Waals surface area contributed by atoms with Crippen molar-refractivity contribution in [2.24, 2.45) is 0 Å². The van der Waals surface area contributed by atoms with Gasteiger partial charge in [0.15, 0.2) is 0 Å². The van der Waals surface area contributed by atoms with Gasteiger partial charge in [0.05, 0.1) is 6.61 Å². The first-order valence-corrected chi connectivity index (χ1v) is 6.44.